The molecule has 1 aliphatic heterocycles. The minimum Gasteiger partial charge on any atom is -0.408 e. The summed E-state index contributed by atoms with van der Waals surface area (Å²) in [6.45, 7) is 8.17. The molecule has 0 amide bonds. The Kier molecular flexibility index (Phi) is 4.28. The highest BCUT2D eigenvalue weighted by Gasteiger charge is 2.38. The molecule has 1 aromatic carbocycles. The highest BCUT2D eigenvalue weighted by Crippen LogP contribution is 2.38. The summed E-state index contributed by atoms with van der Waals surface area (Å²) < 4.78 is 12.5. The molecule has 5 nitrogen and oxygen atoms in total. The van der Waals surface area contributed by atoms with Gasteiger partial charge in [0.05, 0.1) is 12.6 Å². The molecule has 2 heterocycles. The van der Waals surface area contributed by atoms with Crippen molar-refractivity contribution in [2.24, 2.45) is 5.41 Å². The Balaban J connectivity index is 1.58. The fourth-order valence-corrected chi connectivity index (χ4v) is 3.42. The highest BCUT2D eigenvalue weighted by atomic mass is 16.5. The number of rotatable bonds is 3. The molecule has 1 saturated heterocycles. The van der Waals surface area contributed by atoms with E-state index in [1.165, 1.54) is 24.8 Å². The van der Waals surface area contributed by atoms with Crippen LogP contribution in [-0.2, 0) is 4.74 Å². The summed E-state index contributed by atoms with van der Waals surface area (Å²) >= 11 is 0. The summed E-state index contributed by atoms with van der Waals surface area (Å²) in [4.78, 5) is 2.20. The van der Waals surface area contributed by atoms with Gasteiger partial charge in [0.1, 0.15) is 6.10 Å². The van der Waals surface area contributed by atoms with E-state index in [4.69, 9.17) is 9.15 Å². The summed E-state index contributed by atoms with van der Waals surface area (Å²) in [5.41, 5.74) is 1.24. The number of nitrogens with zero attached hydrogens (tertiary/aromatic N) is 3. The molecule has 1 saturated carbocycles. The maximum Gasteiger partial charge on any atom is 0.318 e. The Morgan fingerprint density at radius 3 is 2.44 bits per heavy atom. The van der Waals surface area contributed by atoms with Crippen LogP contribution in [0, 0.1) is 5.41 Å². The number of hydrogen-bond acceptors (Lipinski definition) is 5. The average molecular weight is 341 g/mol. The molecule has 1 aliphatic carbocycles. The van der Waals surface area contributed by atoms with Gasteiger partial charge in [0.15, 0.2) is 0 Å². The number of benzene rings is 1. The van der Waals surface area contributed by atoms with Crippen molar-refractivity contribution in [3.05, 3.63) is 41.8 Å². The third-order valence-electron chi connectivity index (χ3n) is 5.39. The Labute approximate surface area is 149 Å². The maximum atomic E-state index is 6.44. The van der Waals surface area contributed by atoms with Gasteiger partial charge >= 0.3 is 6.01 Å². The summed E-state index contributed by atoms with van der Waals surface area (Å²) in [5, 5.41) is 8.64. The molecule has 5 heteroatoms. The predicted octanol–water partition coefficient (Wildman–Crippen LogP) is 4.33. The second kappa shape index (κ2) is 6.45. The Bertz CT molecular complexity index is 703. The number of ether oxygens (including phenoxy) is 1. The van der Waals surface area contributed by atoms with E-state index >= 15 is 0 Å². The van der Waals surface area contributed by atoms with Gasteiger partial charge in [-0.05, 0) is 23.8 Å². The minimum atomic E-state index is 0.0122. The van der Waals surface area contributed by atoms with Crippen molar-refractivity contribution < 1.29 is 9.15 Å². The molecular weight excluding hydrogens is 314 g/mol. The quantitative estimate of drug-likeness (QED) is 0.832. The van der Waals surface area contributed by atoms with Gasteiger partial charge in [0, 0.05) is 12.5 Å². The van der Waals surface area contributed by atoms with Crippen LogP contribution in [0.4, 0.5) is 6.01 Å². The molecule has 2 atom stereocenters. The van der Waals surface area contributed by atoms with Gasteiger partial charge in [0.25, 0.3) is 0 Å². The van der Waals surface area contributed by atoms with E-state index in [9.17, 15) is 0 Å². The molecule has 0 unspecified atom stereocenters. The lowest BCUT2D eigenvalue weighted by molar-refractivity contribution is -0.0801. The zero-order valence-electron chi connectivity index (χ0n) is 15.3. The molecule has 2 aliphatic rings. The molecule has 0 spiro atoms. The van der Waals surface area contributed by atoms with E-state index in [1.54, 1.807) is 0 Å². The molecule has 0 bridgehead atoms. The van der Waals surface area contributed by atoms with Crippen LogP contribution in [0.3, 0.4) is 0 Å². The van der Waals surface area contributed by atoms with Gasteiger partial charge in [0.2, 0.25) is 5.89 Å². The summed E-state index contributed by atoms with van der Waals surface area (Å²) in [5.74, 6) is 1.27. The molecule has 4 rings (SSSR count). The molecule has 1 aromatic heterocycles. The van der Waals surface area contributed by atoms with Crippen molar-refractivity contribution in [2.45, 2.75) is 58.2 Å². The maximum absolute atomic E-state index is 6.44. The lowest BCUT2D eigenvalue weighted by atomic mass is 9.85. The van der Waals surface area contributed by atoms with Crippen LogP contribution in [0.2, 0.25) is 0 Å². The summed E-state index contributed by atoms with van der Waals surface area (Å²) in [6.07, 6.45) is 3.72. The largest absolute Gasteiger partial charge is 0.408 e. The standard InChI is InChI=1S/C20H27N3O2/c1-20(2,3)17-13-23(12-16(24-17)14-8-5-4-6-9-14)19-22-21-18(25-19)15-10-7-11-15/h4-6,8-9,15-17H,7,10-13H2,1-3H3/t16-,17+/m0/s1. The van der Waals surface area contributed by atoms with Crippen LogP contribution in [0.5, 0.6) is 0 Å². The van der Waals surface area contributed by atoms with Crippen LogP contribution < -0.4 is 4.90 Å². The smallest absolute Gasteiger partial charge is 0.318 e. The van der Waals surface area contributed by atoms with E-state index in [2.05, 4.69) is 60.1 Å². The molecule has 2 aromatic rings. The van der Waals surface area contributed by atoms with Crippen LogP contribution in [0.25, 0.3) is 0 Å². The SMILES string of the molecule is CC(C)(C)[C@H]1CN(c2nnc(C3CCC3)o2)C[C@@H](c2ccccc2)O1. The number of anilines is 1. The molecule has 0 radical (unpaired) electrons. The fourth-order valence-electron chi connectivity index (χ4n) is 3.42. The Hall–Kier alpha value is -1.88. The van der Waals surface area contributed by atoms with Gasteiger partial charge in [-0.3, -0.25) is 0 Å². The zero-order chi connectivity index (χ0) is 17.4. The number of aromatic nitrogens is 2. The van der Waals surface area contributed by atoms with Gasteiger partial charge in [-0.1, -0.05) is 62.6 Å². The minimum absolute atomic E-state index is 0.0122. The average Bonchev–Trinajstić information content (AvgIpc) is 3.02. The molecular formula is C20H27N3O2. The lowest BCUT2D eigenvalue weighted by Crippen LogP contribution is -2.49. The van der Waals surface area contributed by atoms with E-state index in [0.717, 1.165) is 19.0 Å². The Morgan fingerprint density at radius 2 is 1.80 bits per heavy atom. The molecule has 134 valence electrons. The summed E-state index contributed by atoms with van der Waals surface area (Å²) in [7, 11) is 0. The van der Waals surface area contributed by atoms with Crippen molar-refractivity contribution in [1.82, 2.24) is 10.2 Å². The van der Waals surface area contributed by atoms with Crippen molar-refractivity contribution >= 4 is 6.01 Å². The number of hydrogen-bond donors (Lipinski definition) is 0. The van der Waals surface area contributed by atoms with Gasteiger partial charge in [-0.2, -0.15) is 0 Å². The number of morpholine rings is 1. The van der Waals surface area contributed by atoms with Gasteiger partial charge in [-0.25, -0.2) is 0 Å². The first-order chi connectivity index (χ1) is 12.0. The molecule has 0 N–H and O–H groups in total. The third kappa shape index (κ3) is 3.43. The molecule has 25 heavy (non-hydrogen) atoms. The van der Waals surface area contributed by atoms with Crippen molar-refractivity contribution in [3.63, 3.8) is 0 Å². The summed E-state index contributed by atoms with van der Waals surface area (Å²) in [6, 6.07) is 11.0. The van der Waals surface area contributed by atoms with E-state index < -0.39 is 0 Å². The first-order valence-electron chi connectivity index (χ1n) is 9.29. The van der Waals surface area contributed by atoms with Crippen molar-refractivity contribution in [1.29, 1.82) is 0 Å². The predicted molar refractivity (Wildman–Crippen MR) is 96.6 cm³/mol. The van der Waals surface area contributed by atoms with Crippen molar-refractivity contribution in [2.75, 3.05) is 18.0 Å². The van der Waals surface area contributed by atoms with Crippen molar-refractivity contribution in [3.8, 4) is 0 Å². The highest BCUT2D eigenvalue weighted by molar-refractivity contribution is 5.30. The zero-order valence-corrected chi connectivity index (χ0v) is 15.3. The van der Waals surface area contributed by atoms with E-state index in [-0.39, 0.29) is 17.6 Å². The van der Waals surface area contributed by atoms with Crippen LogP contribution in [0.15, 0.2) is 34.7 Å². The lowest BCUT2D eigenvalue weighted by Gasteiger charge is -2.42. The third-order valence-corrected chi connectivity index (χ3v) is 5.39. The van der Waals surface area contributed by atoms with Gasteiger partial charge < -0.3 is 14.1 Å². The second-order valence-corrected chi connectivity index (χ2v) is 8.35. The van der Waals surface area contributed by atoms with E-state index in [1.807, 2.05) is 6.07 Å². The van der Waals surface area contributed by atoms with Crippen LogP contribution >= 0.6 is 0 Å². The van der Waals surface area contributed by atoms with Crippen LogP contribution in [0.1, 0.15) is 63.5 Å². The topological polar surface area (TPSA) is 51.4 Å². The van der Waals surface area contributed by atoms with E-state index in [0.29, 0.717) is 11.9 Å². The normalized spacial score (nSPS) is 25.0. The fraction of sp³-hybridized carbons (Fsp3) is 0.600. The molecule has 2 fully saturated rings. The second-order valence-electron chi connectivity index (χ2n) is 8.35. The monoisotopic (exact) mass is 341 g/mol. The first-order valence-corrected chi connectivity index (χ1v) is 9.29. The van der Waals surface area contributed by atoms with Gasteiger partial charge in [-0.15, -0.1) is 5.10 Å². The first kappa shape index (κ1) is 16.6. The van der Waals surface area contributed by atoms with Crippen LogP contribution in [-0.4, -0.2) is 29.4 Å². The Morgan fingerprint density at radius 1 is 1.04 bits per heavy atom.